The average Bonchev–Trinajstić information content (AvgIpc) is 2.67. The van der Waals surface area contributed by atoms with Gasteiger partial charge in [0.25, 0.3) is 0 Å². The Morgan fingerprint density at radius 1 is 1.43 bits per heavy atom. The van der Waals surface area contributed by atoms with Crippen molar-refractivity contribution in [3.05, 3.63) is 22.6 Å². The van der Waals surface area contributed by atoms with Crippen LogP contribution in [0.3, 0.4) is 0 Å². The molecule has 0 aromatic carbocycles. The van der Waals surface area contributed by atoms with E-state index in [2.05, 4.69) is 15.0 Å². The maximum absolute atomic E-state index is 6.00. The van der Waals surface area contributed by atoms with Crippen molar-refractivity contribution in [2.24, 2.45) is 0 Å². The second kappa shape index (κ2) is 2.65. The van der Waals surface area contributed by atoms with Crippen LogP contribution < -0.4 is 0 Å². The maximum Gasteiger partial charge on any atom is 0.196 e. The Morgan fingerprint density at radius 3 is 3.14 bits per heavy atom. The lowest BCUT2D eigenvalue weighted by atomic mass is 10.5. The summed E-state index contributed by atoms with van der Waals surface area (Å²) in [5.74, 6) is 0. The number of thiazole rings is 1. The Kier molecular flexibility index (Phi) is 1.54. The third-order valence-electron chi connectivity index (χ3n) is 2.06. The average molecular weight is 225 g/mol. The van der Waals surface area contributed by atoms with Gasteiger partial charge in [0.2, 0.25) is 0 Å². The summed E-state index contributed by atoms with van der Waals surface area (Å²) in [4.78, 5) is 13.3. The molecule has 0 amide bonds. The molecule has 0 atom stereocenters. The fraction of sp³-hybridized carbons (Fsp3) is 0.125. The SMILES string of the molecule is Cc1csc2nc3ncnc(Cl)c3n12. The molecule has 3 aromatic rings. The van der Waals surface area contributed by atoms with E-state index in [9.17, 15) is 0 Å². The summed E-state index contributed by atoms with van der Waals surface area (Å²) in [6, 6.07) is 0. The Bertz CT molecular complexity index is 627. The van der Waals surface area contributed by atoms with Gasteiger partial charge >= 0.3 is 0 Å². The third-order valence-corrected chi connectivity index (χ3v) is 3.28. The summed E-state index contributed by atoms with van der Waals surface area (Å²) in [6.45, 7) is 2.01. The van der Waals surface area contributed by atoms with Crippen LogP contribution in [0.1, 0.15) is 5.69 Å². The lowest BCUT2D eigenvalue weighted by molar-refractivity contribution is 1.15. The lowest BCUT2D eigenvalue weighted by Crippen LogP contribution is -1.87. The molecule has 0 aliphatic rings. The number of fused-ring (bicyclic) bond motifs is 3. The molecule has 3 aromatic heterocycles. The van der Waals surface area contributed by atoms with E-state index in [4.69, 9.17) is 11.6 Å². The molecule has 14 heavy (non-hydrogen) atoms. The predicted molar refractivity (Wildman–Crippen MR) is 55.9 cm³/mol. The van der Waals surface area contributed by atoms with Crippen molar-refractivity contribution in [1.82, 2.24) is 19.4 Å². The van der Waals surface area contributed by atoms with E-state index in [-0.39, 0.29) is 0 Å². The van der Waals surface area contributed by atoms with E-state index in [1.165, 1.54) is 6.33 Å². The molecule has 6 heteroatoms. The van der Waals surface area contributed by atoms with E-state index in [1.807, 2.05) is 16.7 Å². The van der Waals surface area contributed by atoms with Crippen molar-refractivity contribution >= 4 is 39.1 Å². The highest BCUT2D eigenvalue weighted by Gasteiger charge is 2.12. The molecule has 0 aliphatic carbocycles. The number of aromatic nitrogens is 4. The van der Waals surface area contributed by atoms with Gasteiger partial charge in [-0.15, -0.1) is 11.3 Å². The number of halogens is 1. The summed E-state index contributed by atoms with van der Waals surface area (Å²) in [5.41, 5.74) is 2.55. The molecule has 0 unspecified atom stereocenters. The fourth-order valence-corrected chi connectivity index (χ4v) is 2.53. The van der Waals surface area contributed by atoms with E-state index in [0.29, 0.717) is 10.8 Å². The van der Waals surface area contributed by atoms with Crippen LogP contribution in [0.15, 0.2) is 11.7 Å². The number of imidazole rings is 1. The molecule has 3 rings (SSSR count). The number of hydrogen-bond acceptors (Lipinski definition) is 4. The number of rotatable bonds is 0. The van der Waals surface area contributed by atoms with Crippen LogP contribution in [0, 0.1) is 6.92 Å². The number of aryl methyl sites for hydroxylation is 1. The Hall–Kier alpha value is -1.20. The molecule has 0 bridgehead atoms. The first-order chi connectivity index (χ1) is 6.77. The summed E-state index contributed by atoms with van der Waals surface area (Å²) < 4.78 is 1.97. The van der Waals surface area contributed by atoms with E-state index in [1.54, 1.807) is 11.3 Å². The quantitative estimate of drug-likeness (QED) is 0.551. The molecule has 4 nitrogen and oxygen atoms in total. The van der Waals surface area contributed by atoms with Crippen LogP contribution in [0.25, 0.3) is 16.1 Å². The van der Waals surface area contributed by atoms with Crippen molar-refractivity contribution in [2.45, 2.75) is 6.92 Å². The highest BCUT2D eigenvalue weighted by Crippen LogP contribution is 2.25. The molecule has 0 aliphatic heterocycles. The first-order valence-corrected chi connectivity index (χ1v) is 5.26. The summed E-state index contributed by atoms with van der Waals surface area (Å²) in [5, 5.41) is 2.48. The van der Waals surface area contributed by atoms with Crippen LogP contribution in [-0.4, -0.2) is 19.4 Å². The first kappa shape index (κ1) is 8.14. The van der Waals surface area contributed by atoms with Crippen LogP contribution in [-0.2, 0) is 0 Å². The summed E-state index contributed by atoms with van der Waals surface area (Å²) in [7, 11) is 0. The Balaban J connectivity index is 2.68. The van der Waals surface area contributed by atoms with Gasteiger partial charge in [0.05, 0.1) is 0 Å². The largest absolute Gasteiger partial charge is 0.283 e. The van der Waals surface area contributed by atoms with Gasteiger partial charge in [-0.05, 0) is 6.92 Å². The van der Waals surface area contributed by atoms with Crippen molar-refractivity contribution < 1.29 is 0 Å². The molecule has 0 N–H and O–H groups in total. The van der Waals surface area contributed by atoms with Gasteiger partial charge in [-0.2, -0.15) is 4.98 Å². The lowest BCUT2D eigenvalue weighted by Gasteiger charge is -1.93. The smallest absolute Gasteiger partial charge is 0.196 e. The maximum atomic E-state index is 6.00. The molecule has 3 heterocycles. The van der Waals surface area contributed by atoms with Gasteiger partial charge in [0.1, 0.15) is 11.8 Å². The minimum absolute atomic E-state index is 0.448. The van der Waals surface area contributed by atoms with Gasteiger partial charge in [-0.3, -0.25) is 4.40 Å². The molecule has 0 radical (unpaired) electrons. The predicted octanol–water partition coefficient (Wildman–Crippen LogP) is 2.30. The van der Waals surface area contributed by atoms with Crippen LogP contribution in [0.2, 0.25) is 5.15 Å². The highest BCUT2D eigenvalue weighted by atomic mass is 35.5. The van der Waals surface area contributed by atoms with E-state index < -0.39 is 0 Å². The topological polar surface area (TPSA) is 43.1 Å². The summed E-state index contributed by atoms with van der Waals surface area (Å²) >= 11 is 7.57. The first-order valence-electron chi connectivity index (χ1n) is 4.00. The third kappa shape index (κ3) is 0.908. The minimum Gasteiger partial charge on any atom is -0.283 e. The standard InChI is InChI=1S/C8H5ClN4S/c1-4-2-14-8-12-7-5(13(4)8)6(9)10-3-11-7/h2-3H,1H3. The zero-order valence-electron chi connectivity index (χ0n) is 7.23. The molecule has 70 valence electrons. The zero-order valence-corrected chi connectivity index (χ0v) is 8.80. The van der Waals surface area contributed by atoms with Crippen molar-refractivity contribution in [3.63, 3.8) is 0 Å². The molecule has 0 saturated carbocycles. The van der Waals surface area contributed by atoms with Gasteiger partial charge in [0.15, 0.2) is 15.8 Å². The van der Waals surface area contributed by atoms with Gasteiger partial charge in [-0.25, -0.2) is 9.97 Å². The monoisotopic (exact) mass is 224 g/mol. The van der Waals surface area contributed by atoms with Crippen molar-refractivity contribution in [2.75, 3.05) is 0 Å². The molecular formula is C8H5ClN4S. The minimum atomic E-state index is 0.448. The second-order valence-electron chi connectivity index (χ2n) is 2.94. The number of nitrogens with zero attached hydrogens (tertiary/aromatic N) is 4. The van der Waals surface area contributed by atoms with Crippen molar-refractivity contribution in [3.8, 4) is 0 Å². The molecule has 0 saturated heterocycles. The van der Waals surface area contributed by atoms with E-state index in [0.717, 1.165) is 16.2 Å². The van der Waals surface area contributed by atoms with Crippen LogP contribution in [0.4, 0.5) is 0 Å². The number of hydrogen-bond donors (Lipinski definition) is 0. The highest BCUT2D eigenvalue weighted by molar-refractivity contribution is 7.15. The Morgan fingerprint density at radius 2 is 2.29 bits per heavy atom. The second-order valence-corrected chi connectivity index (χ2v) is 4.14. The summed E-state index contributed by atoms with van der Waals surface area (Å²) in [6.07, 6.45) is 1.43. The van der Waals surface area contributed by atoms with Crippen molar-refractivity contribution in [1.29, 1.82) is 0 Å². The van der Waals surface area contributed by atoms with Gasteiger partial charge < -0.3 is 0 Å². The normalized spacial score (nSPS) is 11.6. The Labute approximate surface area is 88.2 Å². The van der Waals surface area contributed by atoms with Gasteiger partial charge in [-0.1, -0.05) is 11.6 Å². The molecular weight excluding hydrogens is 220 g/mol. The zero-order chi connectivity index (χ0) is 9.71. The molecule has 0 spiro atoms. The molecule has 0 fully saturated rings. The van der Waals surface area contributed by atoms with Crippen LogP contribution in [0.5, 0.6) is 0 Å². The van der Waals surface area contributed by atoms with Gasteiger partial charge in [0, 0.05) is 11.1 Å². The fourth-order valence-electron chi connectivity index (χ4n) is 1.46. The van der Waals surface area contributed by atoms with Crippen LogP contribution >= 0.6 is 22.9 Å². The van der Waals surface area contributed by atoms with E-state index >= 15 is 0 Å².